The summed E-state index contributed by atoms with van der Waals surface area (Å²) in [5, 5.41) is 55.3. The van der Waals surface area contributed by atoms with Gasteiger partial charge < -0.3 is 52.4 Å². The average molecular weight is 813 g/mol. The van der Waals surface area contributed by atoms with E-state index in [1.807, 2.05) is 49.4 Å². The highest BCUT2D eigenvalue weighted by Gasteiger charge is 2.20. The van der Waals surface area contributed by atoms with Crippen molar-refractivity contribution in [3.05, 3.63) is 111 Å². The molecule has 2 unspecified atom stereocenters. The summed E-state index contributed by atoms with van der Waals surface area (Å²) in [6.07, 6.45) is 4.68. The molecule has 306 valence electrons. The van der Waals surface area contributed by atoms with Gasteiger partial charge in [0.25, 0.3) is 0 Å². The van der Waals surface area contributed by atoms with Crippen LogP contribution in [0.25, 0.3) is 11.1 Å². The molecule has 0 saturated carbocycles. The fourth-order valence-corrected chi connectivity index (χ4v) is 6.30. The molecule has 16 nitrogen and oxygen atoms in total. The maximum absolute atomic E-state index is 12.0. The summed E-state index contributed by atoms with van der Waals surface area (Å²) in [4.78, 5) is 28.0. The molecule has 1 heterocycles. The van der Waals surface area contributed by atoms with Crippen LogP contribution in [0.4, 0.5) is 0 Å². The van der Waals surface area contributed by atoms with E-state index < -0.39 is 24.0 Å². The number of carboxylic acid groups (broad SMARTS) is 2. The van der Waals surface area contributed by atoms with Gasteiger partial charge in [0.05, 0.1) is 10.6 Å². The Balaban J connectivity index is 1.50. The molecule has 0 aliphatic heterocycles. The molecule has 58 heavy (non-hydrogen) atoms. The number of rotatable bonds is 23. The van der Waals surface area contributed by atoms with Gasteiger partial charge in [-0.1, -0.05) is 48.0 Å². The first-order valence-corrected chi connectivity index (χ1v) is 18.9. The smallest absolute Gasteiger partial charge is 0.320 e. The van der Waals surface area contributed by atoms with Gasteiger partial charge >= 0.3 is 11.9 Å². The summed E-state index contributed by atoms with van der Waals surface area (Å²) in [5.41, 5.74) is 17.0. The number of nitrogens with one attached hydrogen (secondary N) is 6. The fraction of sp³-hybridized carbons (Fsp3) is 0.317. The minimum Gasteiger partial charge on any atom is -0.488 e. The second-order valence-electron chi connectivity index (χ2n) is 13.5. The molecule has 0 aliphatic rings. The molecule has 3 aromatic carbocycles. The normalized spacial score (nSPS) is 11.8. The number of carbonyl (C=O) groups is 2. The minimum atomic E-state index is -1.03. The summed E-state index contributed by atoms with van der Waals surface area (Å²) < 4.78 is 12.5. The van der Waals surface area contributed by atoms with Gasteiger partial charge in [-0.2, -0.15) is 5.26 Å². The van der Waals surface area contributed by atoms with E-state index in [1.54, 1.807) is 24.4 Å². The number of nitrogens with zero attached hydrogens (tertiary/aromatic N) is 2. The number of hydrogen-bond donors (Lipinski definition) is 10. The van der Waals surface area contributed by atoms with E-state index in [4.69, 9.17) is 43.4 Å². The lowest BCUT2D eigenvalue weighted by Gasteiger charge is -2.19. The molecule has 0 spiro atoms. The summed E-state index contributed by atoms with van der Waals surface area (Å²) in [6, 6.07) is 19.2. The molecule has 0 amide bonds. The zero-order chi connectivity index (χ0) is 42.0. The zero-order valence-corrected chi connectivity index (χ0v) is 32.9. The molecule has 0 fully saturated rings. The van der Waals surface area contributed by atoms with Crippen molar-refractivity contribution in [3.8, 4) is 28.7 Å². The number of carboxylic acids is 2. The summed E-state index contributed by atoms with van der Waals surface area (Å²) in [5.74, 6) is -1.58. The first-order chi connectivity index (χ1) is 27.8. The van der Waals surface area contributed by atoms with Crippen molar-refractivity contribution in [1.82, 2.24) is 26.3 Å². The number of hydrogen-bond acceptors (Lipinski definition) is 10. The number of nitriles is 1. The Morgan fingerprint density at radius 2 is 1.47 bits per heavy atom. The maximum Gasteiger partial charge on any atom is 0.320 e. The molecular formula is C41H49ClN10O6. The van der Waals surface area contributed by atoms with E-state index in [9.17, 15) is 25.1 Å². The monoisotopic (exact) mass is 812 g/mol. The predicted octanol–water partition coefficient (Wildman–Crippen LogP) is 4.35. The van der Waals surface area contributed by atoms with Gasteiger partial charge in [0.1, 0.15) is 42.9 Å². The van der Waals surface area contributed by atoms with Crippen LogP contribution in [0.1, 0.15) is 59.1 Å². The Morgan fingerprint density at radius 1 is 0.828 bits per heavy atom. The Morgan fingerprint density at radius 3 is 2.10 bits per heavy atom. The number of aromatic nitrogens is 1. The van der Waals surface area contributed by atoms with E-state index in [0.29, 0.717) is 72.1 Å². The van der Waals surface area contributed by atoms with Gasteiger partial charge in [-0.15, -0.1) is 0 Å². The molecule has 12 N–H and O–H groups in total. The molecule has 1 aromatic heterocycles. The topological polar surface area (TPSA) is 278 Å². The predicted molar refractivity (Wildman–Crippen MR) is 221 cm³/mol. The van der Waals surface area contributed by atoms with Crippen LogP contribution in [0.3, 0.4) is 0 Å². The summed E-state index contributed by atoms with van der Waals surface area (Å²) >= 11 is 6.77. The molecule has 0 aliphatic carbocycles. The second kappa shape index (κ2) is 22.4. The number of pyridine rings is 1. The number of ether oxygens (including phenoxy) is 2. The van der Waals surface area contributed by atoms with Crippen LogP contribution in [-0.2, 0) is 35.9 Å². The molecule has 4 rings (SSSR count). The van der Waals surface area contributed by atoms with Gasteiger partial charge in [0.2, 0.25) is 0 Å². The lowest BCUT2D eigenvalue weighted by Crippen LogP contribution is -2.37. The highest BCUT2D eigenvalue weighted by atomic mass is 35.5. The van der Waals surface area contributed by atoms with Crippen molar-refractivity contribution in [2.24, 2.45) is 11.5 Å². The lowest BCUT2D eigenvalue weighted by molar-refractivity contribution is -0.140. The Bertz CT molecular complexity index is 2110. The lowest BCUT2D eigenvalue weighted by atomic mass is 9.95. The molecule has 0 radical (unpaired) electrons. The van der Waals surface area contributed by atoms with Gasteiger partial charge in [0, 0.05) is 55.8 Å². The summed E-state index contributed by atoms with van der Waals surface area (Å²) in [7, 11) is 0. The SMILES string of the molecule is Cc1c(COc2cc(OCc3cncc(C#N)c3)c(CNC(CCCNC(=N)N)C(=O)O)cc2Cl)cccc1-c1cccc(CNC(CCCNC(=N)N)C(=O)O)c1. The van der Waals surface area contributed by atoms with Crippen LogP contribution in [0.15, 0.2) is 73.1 Å². The maximum atomic E-state index is 12.0. The van der Waals surface area contributed by atoms with E-state index in [0.717, 1.165) is 27.8 Å². The van der Waals surface area contributed by atoms with Crippen LogP contribution in [-0.4, -0.2) is 64.2 Å². The zero-order valence-electron chi connectivity index (χ0n) is 32.1. The Kier molecular flexibility index (Phi) is 17.1. The quantitative estimate of drug-likeness (QED) is 0.0283. The van der Waals surface area contributed by atoms with Gasteiger partial charge in [0.15, 0.2) is 11.9 Å². The minimum absolute atomic E-state index is 0.0704. The van der Waals surface area contributed by atoms with E-state index in [-0.39, 0.29) is 38.1 Å². The third-order valence-corrected chi connectivity index (χ3v) is 9.45. The van der Waals surface area contributed by atoms with Crippen LogP contribution >= 0.6 is 11.6 Å². The van der Waals surface area contributed by atoms with Crippen molar-refractivity contribution in [2.75, 3.05) is 13.1 Å². The third kappa shape index (κ3) is 14.0. The molecule has 0 saturated heterocycles. The molecule has 4 aromatic rings. The van der Waals surface area contributed by atoms with Crippen molar-refractivity contribution < 1.29 is 29.3 Å². The van der Waals surface area contributed by atoms with E-state index >= 15 is 0 Å². The largest absolute Gasteiger partial charge is 0.488 e. The van der Waals surface area contributed by atoms with Crippen molar-refractivity contribution in [1.29, 1.82) is 16.1 Å². The van der Waals surface area contributed by atoms with Crippen molar-refractivity contribution in [2.45, 2.75) is 71.0 Å². The molecule has 17 heteroatoms. The number of nitrogens with two attached hydrogens (primary N) is 2. The standard InChI is InChI=1S/C41H49ClN10O6/c1-25-30(8-3-9-32(25)29-7-2-6-26(15-29)21-51-34(38(53)54)10-4-12-49-40(44)45)24-58-37-17-36(57-23-28-14-27(18-43)19-48-20-28)31(16-33(37)42)22-52-35(39(55)56)11-5-13-50-41(46)47/h2-3,6-9,14-17,19-20,34-35,51-52H,4-5,10-13,21-24H2,1H3,(H,53,54)(H,55,56)(H4,44,45,49)(H4,46,47,50). The highest BCUT2D eigenvalue weighted by Crippen LogP contribution is 2.35. The molecular weight excluding hydrogens is 764 g/mol. The number of benzene rings is 3. The van der Waals surface area contributed by atoms with Crippen molar-refractivity contribution >= 4 is 35.5 Å². The molecule has 0 bridgehead atoms. The van der Waals surface area contributed by atoms with Crippen LogP contribution in [0, 0.1) is 29.1 Å². The number of guanidine groups is 2. The van der Waals surface area contributed by atoms with Crippen LogP contribution in [0.2, 0.25) is 5.02 Å². The second-order valence-corrected chi connectivity index (χ2v) is 13.9. The van der Waals surface area contributed by atoms with Crippen LogP contribution in [0.5, 0.6) is 11.5 Å². The van der Waals surface area contributed by atoms with Gasteiger partial charge in [-0.25, -0.2) is 0 Å². The molecule has 2 atom stereocenters. The first kappa shape index (κ1) is 44.3. The third-order valence-electron chi connectivity index (χ3n) is 9.16. The summed E-state index contributed by atoms with van der Waals surface area (Å²) in [6.45, 7) is 3.45. The average Bonchev–Trinajstić information content (AvgIpc) is 3.19. The Hall–Kier alpha value is -6.41. The van der Waals surface area contributed by atoms with Crippen LogP contribution < -0.4 is 42.2 Å². The van der Waals surface area contributed by atoms with E-state index in [1.165, 1.54) is 6.20 Å². The van der Waals surface area contributed by atoms with Gasteiger partial charge in [-0.05, 0) is 78.6 Å². The number of halogens is 1. The van der Waals surface area contributed by atoms with Crippen molar-refractivity contribution in [3.63, 3.8) is 0 Å². The highest BCUT2D eigenvalue weighted by molar-refractivity contribution is 6.32. The fourth-order valence-electron chi connectivity index (χ4n) is 6.06. The first-order valence-electron chi connectivity index (χ1n) is 18.5. The van der Waals surface area contributed by atoms with Gasteiger partial charge in [-0.3, -0.25) is 25.4 Å². The Labute approximate surface area is 341 Å². The van der Waals surface area contributed by atoms with E-state index in [2.05, 4.69) is 32.3 Å². The number of aliphatic carboxylic acids is 2.